The lowest BCUT2D eigenvalue weighted by molar-refractivity contribution is -0.141. The van der Waals surface area contributed by atoms with E-state index in [1.165, 1.54) is 35.4 Å². The summed E-state index contributed by atoms with van der Waals surface area (Å²) in [5.74, 6) is -0.855. The second kappa shape index (κ2) is 4.84. The highest BCUT2D eigenvalue weighted by molar-refractivity contribution is 7.12. The molecule has 3 rings (SSSR count). The first-order valence-corrected chi connectivity index (χ1v) is 7.46. The SMILES string of the molecule is O=C(O)C1CC=C(c2nc3c(s2)CCCC3)CC1. The largest absolute Gasteiger partial charge is 0.481 e. The molecule has 0 bridgehead atoms. The predicted molar refractivity (Wildman–Crippen MR) is 71.7 cm³/mol. The summed E-state index contributed by atoms with van der Waals surface area (Å²) in [5, 5.41) is 10.1. The number of rotatable bonds is 2. The van der Waals surface area contributed by atoms with Gasteiger partial charge in [0.25, 0.3) is 0 Å². The van der Waals surface area contributed by atoms with Crippen LogP contribution in [0.4, 0.5) is 0 Å². The van der Waals surface area contributed by atoms with Crippen LogP contribution in [0.25, 0.3) is 5.57 Å². The van der Waals surface area contributed by atoms with Gasteiger partial charge in [-0.25, -0.2) is 4.98 Å². The van der Waals surface area contributed by atoms with Crippen LogP contribution in [0.15, 0.2) is 6.08 Å². The van der Waals surface area contributed by atoms with Crippen LogP contribution in [0, 0.1) is 5.92 Å². The molecule has 2 aliphatic carbocycles. The zero-order valence-corrected chi connectivity index (χ0v) is 11.1. The number of aromatic nitrogens is 1. The van der Waals surface area contributed by atoms with E-state index in [1.54, 1.807) is 0 Å². The molecule has 0 aliphatic heterocycles. The summed E-state index contributed by atoms with van der Waals surface area (Å²) in [7, 11) is 0. The number of carboxylic acid groups (broad SMARTS) is 1. The molecule has 2 aliphatic rings. The van der Waals surface area contributed by atoms with Crippen molar-refractivity contribution >= 4 is 22.9 Å². The summed E-state index contributed by atoms with van der Waals surface area (Å²) >= 11 is 1.82. The number of thiazole rings is 1. The monoisotopic (exact) mass is 263 g/mol. The minimum Gasteiger partial charge on any atom is -0.481 e. The van der Waals surface area contributed by atoms with Gasteiger partial charge in [-0.2, -0.15) is 0 Å². The maximum atomic E-state index is 10.9. The summed E-state index contributed by atoms with van der Waals surface area (Å²) in [6.07, 6.45) is 9.22. The van der Waals surface area contributed by atoms with Crippen LogP contribution in [0.5, 0.6) is 0 Å². The topological polar surface area (TPSA) is 50.2 Å². The van der Waals surface area contributed by atoms with E-state index in [-0.39, 0.29) is 5.92 Å². The maximum Gasteiger partial charge on any atom is 0.306 e. The molecule has 0 fully saturated rings. The Bertz CT molecular complexity index is 480. The minimum absolute atomic E-state index is 0.191. The molecular weight excluding hydrogens is 246 g/mol. The second-order valence-electron chi connectivity index (χ2n) is 5.13. The summed E-state index contributed by atoms with van der Waals surface area (Å²) in [4.78, 5) is 17.1. The minimum atomic E-state index is -0.663. The number of hydrogen-bond donors (Lipinski definition) is 1. The zero-order valence-electron chi connectivity index (χ0n) is 10.3. The number of allylic oxidation sites excluding steroid dienone is 2. The van der Waals surface area contributed by atoms with E-state index < -0.39 is 5.97 Å². The van der Waals surface area contributed by atoms with Gasteiger partial charge in [-0.1, -0.05) is 6.08 Å². The van der Waals surface area contributed by atoms with Gasteiger partial charge in [0.2, 0.25) is 0 Å². The van der Waals surface area contributed by atoms with Gasteiger partial charge in [0.05, 0.1) is 11.6 Å². The predicted octanol–water partition coefficient (Wildman–Crippen LogP) is 3.29. The highest BCUT2D eigenvalue weighted by atomic mass is 32.1. The summed E-state index contributed by atoms with van der Waals surface area (Å²) in [6, 6.07) is 0. The first kappa shape index (κ1) is 11.9. The Morgan fingerprint density at radius 3 is 2.83 bits per heavy atom. The number of aryl methyl sites for hydroxylation is 2. The third kappa shape index (κ3) is 2.21. The van der Waals surface area contributed by atoms with Crippen LogP contribution in [0.1, 0.15) is 47.7 Å². The molecule has 4 heteroatoms. The fourth-order valence-electron chi connectivity index (χ4n) is 2.74. The molecular formula is C14H17NO2S. The highest BCUT2D eigenvalue weighted by Crippen LogP contribution is 2.35. The molecule has 3 nitrogen and oxygen atoms in total. The molecule has 1 N–H and O–H groups in total. The first-order valence-electron chi connectivity index (χ1n) is 6.65. The summed E-state index contributed by atoms with van der Waals surface area (Å²) in [6.45, 7) is 0. The summed E-state index contributed by atoms with van der Waals surface area (Å²) in [5.41, 5.74) is 2.56. The Balaban J connectivity index is 1.79. The van der Waals surface area contributed by atoms with Gasteiger partial charge in [-0.15, -0.1) is 11.3 Å². The van der Waals surface area contributed by atoms with Crippen LogP contribution in [0.2, 0.25) is 0 Å². The van der Waals surface area contributed by atoms with Crippen molar-refractivity contribution < 1.29 is 9.90 Å². The highest BCUT2D eigenvalue weighted by Gasteiger charge is 2.23. The van der Waals surface area contributed by atoms with Crippen LogP contribution >= 0.6 is 11.3 Å². The Morgan fingerprint density at radius 1 is 1.33 bits per heavy atom. The van der Waals surface area contributed by atoms with Crippen molar-refractivity contribution in [3.63, 3.8) is 0 Å². The molecule has 1 heterocycles. The van der Waals surface area contributed by atoms with Crippen molar-refractivity contribution in [1.29, 1.82) is 0 Å². The van der Waals surface area contributed by atoms with E-state index in [1.807, 2.05) is 11.3 Å². The van der Waals surface area contributed by atoms with Crippen molar-refractivity contribution in [2.24, 2.45) is 5.92 Å². The van der Waals surface area contributed by atoms with Crippen LogP contribution < -0.4 is 0 Å². The lowest BCUT2D eigenvalue weighted by Gasteiger charge is -2.16. The second-order valence-corrected chi connectivity index (χ2v) is 6.22. The van der Waals surface area contributed by atoms with Crippen molar-refractivity contribution in [3.05, 3.63) is 21.7 Å². The maximum absolute atomic E-state index is 10.9. The van der Waals surface area contributed by atoms with Crippen LogP contribution in [0.3, 0.4) is 0 Å². The standard InChI is InChI=1S/C14H17NO2S/c16-14(17)10-7-5-9(6-8-10)13-15-11-3-1-2-4-12(11)18-13/h5,10H,1-4,6-8H2,(H,16,17). The first-order chi connectivity index (χ1) is 8.74. The number of carbonyl (C=O) groups is 1. The van der Waals surface area contributed by atoms with Crippen LogP contribution in [-0.4, -0.2) is 16.1 Å². The van der Waals surface area contributed by atoms with Crippen molar-refractivity contribution in [1.82, 2.24) is 4.98 Å². The lowest BCUT2D eigenvalue weighted by Crippen LogP contribution is -2.15. The molecule has 0 radical (unpaired) electrons. The zero-order chi connectivity index (χ0) is 12.5. The number of carboxylic acids is 1. The normalized spacial score (nSPS) is 23.3. The Kier molecular flexibility index (Phi) is 3.20. The molecule has 0 saturated heterocycles. The number of hydrogen-bond acceptors (Lipinski definition) is 3. The molecule has 0 aromatic carbocycles. The average molecular weight is 263 g/mol. The van der Waals surface area contributed by atoms with Crippen molar-refractivity contribution in [2.75, 3.05) is 0 Å². The number of aliphatic carboxylic acids is 1. The fraction of sp³-hybridized carbons (Fsp3) is 0.571. The van der Waals surface area contributed by atoms with E-state index in [4.69, 9.17) is 10.1 Å². The smallest absolute Gasteiger partial charge is 0.306 e. The van der Waals surface area contributed by atoms with Gasteiger partial charge in [-0.05, 0) is 50.5 Å². The van der Waals surface area contributed by atoms with Gasteiger partial charge in [0.15, 0.2) is 0 Å². The molecule has 1 atom stereocenters. The Labute approximate surface area is 111 Å². The van der Waals surface area contributed by atoms with Crippen LogP contribution in [-0.2, 0) is 17.6 Å². The van der Waals surface area contributed by atoms with Gasteiger partial charge >= 0.3 is 5.97 Å². The van der Waals surface area contributed by atoms with E-state index in [0.29, 0.717) is 6.42 Å². The van der Waals surface area contributed by atoms with E-state index in [0.717, 1.165) is 24.3 Å². The average Bonchev–Trinajstić information content (AvgIpc) is 2.82. The fourth-order valence-corrected chi connectivity index (χ4v) is 3.96. The third-order valence-electron chi connectivity index (χ3n) is 3.88. The summed E-state index contributed by atoms with van der Waals surface area (Å²) < 4.78 is 0. The number of fused-ring (bicyclic) bond motifs is 1. The van der Waals surface area contributed by atoms with Gasteiger partial charge < -0.3 is 5.11 Å². The molecule has 0 amide bonds. The lowest BCUT2D eigenvalue weighted by atomic mass is 9.90. The molecule has 0 spiro atoms. The van der Waals surface area contributed by atoms with Gasteiger partial charge in [0.1, 0.15) is 5.01 Å². The molecule has 18 heavy (non-hydrogen) atoms. The number of nitrogens with zero attached hydrogens (tertiary/aromatic N) is 1. The van der Waals surface area contributed by atoms with E-state index >= 15 is 0 Å². The van der Waals surface area contributed by atoms with E-state index in [9.17, 15) is 4.79 Å². The van der Waals surface area contributed by atoms with Crippen molar-refractivity contribution in [2.45, 2.75) is 44.9 Å². The van der Waals surface area contributed by atoms with E-state index in [2.05, 4.69) is 6.08 Å². The molecule has 0 saturated carbocycles. The molecule has 1 aromatic heterocycles. The Hall–Kier alpha value is -1.16. The van der Waals surface area contributed by atoms with Gasteiger partial charge in [-0.3, -0.25) is 4.79 Å². The Morgan fingerprint density at radius 2 is 2.17 bits per heavy atom. The molecule has 1 aromatic rings. The molecule has 1 unspecified atom stereocenters. The quantitative estimate of drug-likeness (QED) is 0.890. The third-order valence-corrected chi connectivity index (χ3v) is 5.11. The van der Waals surface area contributed by atoms with Crippen molar-refractivity contribution in [3.8, 4) is 0 Å². The van der Waals surface area contributed by atoms with Gasteiger partial charge in [0, 0.05) is 4.88 Å². The molecule has 96 valence electrons.